The largest absolute Gasteiger partial charge is 0.481 e. The molecular formula is C31H61NO4. The summed E-state index contributed by atoms with van der Waals surface area (Å²) >= 11 is 0. The van der Waals surface area contributed by atoms with Crippen molar-refractivity contribution >= 4 is 11.9 Å². The summed E-state index contributed by atoms with van der Waals surface area (Å²) in [4.78, 5) is 24.0. The third-order valence-corrected chi connectivity index (χ3v) is 7.35. The fourth-order valence-corrected chi connectivity index (χ4v) is 4.91. The number of carboxylic acids is 1. The Morgan fingerprint density at radius 2 is 1.03 bits per heavy atom. The second kappa shape index (κ2) is 26.9. The van der Waals surface area contributed by atoms with Crippen molar-refractivity contribution in [3.05, 3.63) is 0 Å². The number of aliphatic carboxylic acids is 1. The highest BCUT2D eigenvalue weighted by Gasteiger charge is 2.24. The second-order valence-electron chi connectivity index (χ2n) is 10.9. The lowest BCUT2D eigenvalue weighted by Gasteiger charge is -2.20. The number of hydrogen-bond donors (Lipinski definition) is 2. The Hall–Kier alpha value is -1.10. The molecule has 214 valence electrons. The van der Waals surface area contributed by atoms with Gasteiger partial charge in [0.1, 0.15) is 6.10 Å². The highest BCUT2D eigenvalue weighted by atomic mass is 16.5. The summed E-state index contributed by atoms with van der Waals surface area (Å²) in [5, 5.41) is 9.63. The topological polar surface area (TPSA) is 89.6 Å². The van der Waals surface area contributed by atoms with Gasteiger partial charge in [-0.25, -0.2) is 0 Å². The molecule has 0 fully saturated rings. The molecule has 36 heavy (non-hydrogen) atoms. The average molecular weight is 512 g/mol. The molecule has 0 aromatic heterocycles. The van der Waals surface area contributed by atoms with Crippen molar-refractivity contribution in [2.75, 3.05) is 6.54 Å². The summed E-state index contributed by atoms with van der Waals surface area (Å²) in [6.07, 6.45) is 26.9. The van der Waals surface area contributed by atoms with Crippen molar-refractivity contribution in [3.8, 4) is 0 Å². The molecule has 0 spiro atoms. The highest BCUT2D eigenvalue weighted by molar-refractivity contribution is 5.71. The first-order valence-corrected chi connectivity index (χ1v) is 15.7. The number of rotatable bonds is 28. The zero-order chi connectivity index (χ0) is 26.7. The first-order chi connectivity index (χ1) is 17.5. The van der Waals surface area contributed by atoms with E-state index in [4.69, 9.17) is 10.5 Å². The molecule has 0 aromatic carbocycles. The van der Waals surface area contributed by atoms with E-state index in [1.807, 2.05) is 0 Å². The van der Waals surface area contributed by atoms with Gasteiger partial charge in [0.25, 0.3) is 0 Å². The van der Waals surface area contributed by atoms with Crippen molar-refractivity contribution in [2.45, 2.75) is 174 Å². The molecule has 5 nitrogen and oxygen atoms in total. The van der Waals surface area contributed by atoms with E-state index in [9.17, 15) is 14.7 Å². The van der Waals surface area contributed by atoms with Gasteiger partial charge in [0.15, 0.2) is 0 Å². The van der Waals surface area contributed by atoms with Crippen LogP contribution in [0.25, 0.3) is 0 Å². The first-order valence-electron chi connectivity index (χ1n) is 15.7. The fraction of sp³-hybridized carbons (Fsp3) is 0.935. The highest BCUT2D eigenvalue weighted by Crippen LogP contribution is 2.20. The standard InChI is InChI=1S/C31H61NO4/c1-3-5-7-9-11-13-15-17-19-21-23-25-30(33)36-29(27-32)26-28(31(34)35)24-22-20-18-16-14-12-10-8-6-4-2/h28-29H,3-27,32H2,1-2H3,(H,34,35)/t28?,29-/m1/s1. The Kier molecular flexibility index (Phi) is 26.1. The van der Waals surface area contributed by atoms with E-state index in [0.29, 0.717) is 19.3 Å². The van der Waals surface area contributed by atoms with Crippen LogP contribution >= 0.6 is 0 Å². The van der Waals surface area contributed by atoms with Crippen molar-refractivity contribution in [1.82, 2.24) is 0 Å². The van der Waals surface area contributed by atoms with E-state index < -0.39 is 18.0 Å². The molecule has 5 heteroatoms. The van der Waals surface area contributed by atoms with Gasteiger partial charge in [0.05, 0.1) is 5.92 Å². The number of hydrogen-bond acceptors (Lipinski definition) is 4. The maximum absolute atomic E-state index is 12.2. The summed E-state index contributed by atoms with van der Waals surface area (Å²) in [5.41, 5.74) is 5.81. The number of unbranched alkanes of at least 4 members (excludes halogenated alkanes) is 19. The van der Waals surface area contributed by atoms with E-state index in [2.05, 4.69) is 13.8 Å². The maximum Gasteiger partial charge on any atom is 0.306 e. The lowest BCUT2D eigenvalue weighted by atomic mass is 9.94. The third-order valence-electron chi connectivity index (χ3n) is 7.35. The van der Waals surface area contributed by atoms with Crippen LogP contribution in [0.1, 0.15) is 168 Å². The second-order valence-corrected chi connectivity index (χ2v) is 10.9. The lowest BCUT2D eigenvalue weighted by molar-refractivity contribution is -0.153. The quantitative estimate of drug-likeness (QED) is 0.0808. The number of carbonyl (C=O) groups excluding carboxylic acids is 1. The van der Waals surface area contributed by atoms with Gasteiger partial charge in [-0.1, -0.05) is 142 Å². The van der Waals surface area contributed by atoms with Gasteiger partial charge < -0.3 is 15.6 Å². The number of carboxylic acid groups (broad SMARTS) is 1. The van der Waals surface area contributed by atoms with Crippen LogP contribution in [-0.4, -0.2) is 29.7 Å². The first kappa shape index (κ1) is 34.9. The van der Waals surface area contributed by atoms with Crippen LogP contribution < -0.4 is 5.73 Å². The Labute approximate surface area is 223 Å². The summed E-state index contributed by atoms with van der Waals surface area (Å²) < 4.78 is 5.54. The minimum Gasteiger partial charge on any atom is -0.481 e. The molecule has 0 bridgehead atoms. The number of carbonyl (C=O) groups is 2. The Balaban J connectivity index is 3.87. The van der Waals surface area contributed by atoms with Gasteiger partial charge in [0, 0.05) is 13.0 Å². The molecule has 0 aliphatic heterocycles. The maximum atomic E-state index is 12.2. The molecule has 0 amide bonds. The minimum absolute atomic E-state index is 0.186. The van der Waals surface area contributed by atoms with Gasteiger partial charge in [-0.3, -0.25) is 9.59 Å². The van der Waals surface area contributed by atoms with Crippen molar-refractivity contribution in [1.29, 1.82) is 0 Å². The molecule has 3 N–H and O–H groups in total. The number of nitrogens with two attached hydrogens (primary N) is 1. The molecule has 1 unspecified atom stereocenters. The molecule has 0 heterocycles. The summed E-state index contributed by atoms with van der Waals surface area (Å²) in [5.74, 6) is -1.52. The molecule has 2 atom stereocenters. The normalized spacial score (nSPS) is 13.0. The zero-order valence-electron chi connectivity index (χ0n) is 24.1. The van der Waals surface area contributed by atoms with E-state index in [1.165, 1.54) is 109 Å². The van der Waals surface area contributed by atoms with Crippen LogP contribution in [-0.2, 0) is 14.3 Å². The van der Waals surface area contributed by atoms with Gasteiger partial charge in [-0.15, -0.1) is 0 Å². The van der Waals surface area contributed by atoms with E-state index in [0.717, 1.165) is 25.7 Å². The van der Waals surface area contributed by atoms with Crippen LogP contribution in [0.2, 0.25) is 0 Å². The van der Waals surface area contributed by atoms with Crippen LogP contribution in [0.15, 0.2) is 0 Å². The van der Waals surface area contributed by atoms with E-state index in [-0.39, 0.29) is 12.5 Å². The lowest BCUT2D eigenvalue weighted by Crippen LogP contribution is -2.31. The molecule has 0 rings (SSSR count). The fourth-order valence-electron chi connectivity index (χ4n) is 4.91. The minimum atomic E-state index is -0.800. The van der Waals surface area contributed by atoms with Crippen molar-refractivity contribution in [2.24, 2.45) is 11.7 Å². The van der Waals surface area contributed by atoms with Crippen LogP contribution in [0, 0.1) is 5.92 Å². The van der Waals surface area contributed by atoms with Crippen LogP contribution in [0.4, 0.5) is 0 Å². The zero-order valence-corrected chi connectivity index (χ0v) is 24.1. The molecule has 0 aromatic rings. The third kappa shape index (κ3) is 23.3. The molecule has 0 aliphatic rings. The van der Waals surface area contributed by atoms with Gasteiger partial charge in [0.2, 0.25) is 0 Å². The summed E-state index contributed by atoms with van der Waals surface area (Å²) in [7, 11) is 0. The van der Waals surface area contributed by atoms with Crippen LogP contribution in [0.3, 0.4) is 0 Å². The number of ether oxygens (including phenoxy) is 1. The molecule has 0 radical (unpaired) electrons. The Morgan fingerprint density at radius 3 is 1.42 bits per heavy atom. The molecular weight excluding hydrogens is 450 g/mol. The number of esters is 1. The summed E-state index contributed by atoms with van der Waals surface area (Å²) in [6, 6.07) is 0. The van der Waals surface area contributed by atoms with Gasteiger partial charge >= 0.3 is 11.9 Å². The van der Waals surface area contributed by atoms with Crippen molar-refractivity contribution in [3.63, 3.8) is 0 Å². The molecule has 0 aliphatic carbocycles. The Bertz CT molecular complexity index is 497. The van der Waals surface area contributed by atoms with E-state index >= 15 is 0 Å². The molecule has 0 saturated heterocycles. The van der Waals surface area contributed by atoms with Gasteiger partial charge in [-0.2, -0.15) is 0 Å². The summed E-state index contributed by atoms with van der Waals surface area (Å²) in [6.45, 7) is 4.68. The SMILES string of the molecule is CCCCCCCCCCCCCC(=O)O[C@@H](CN)CC(CCCCCCCCCCCC)C(=O)O. The van der Waals surface area contributed by atoms with Crippen LogP contribution in [0.5, 0.6) is 0 Å². The molecule has 0 saturated carbocycles. The monoisotopic (exact) mass is 511 g/mol. The van der Waals surface area contributed by atoms with E-state index in [1.54, 1.807) is 0 Å². The predicted molar refractivity (Wildman–Crippen MR) is 152 cm³/mol. The van der Waals surface area contributed by atoms with Gasteiger partial charge in [-0.05, 0) is 19.3 Å². The Morgan fingerprint density at radius 1 is 0.639 bits per heavy atom. The van der Waals surface area contributed by atoms with Crippen molar-refractivity contribution < 1.29 is 19.4 Å². The average Bonchev–Trinajstić information content (AvgIpc) is 2.86. The predicted octanol–water partition coefficient (Wildman–Crippen LogP) is 8.96. The smallest absolute Gasteiger partial charge is 0.306 e.